The first-order chi connectivity index (χ1) is 12.0. The second-order valence-corrected chi connectivity index (χ2v) is 6.12. The number of hydrogen-bond acceptors (Lipinski definition) is 2. The molecule has 1 aliphatic heterocycles. The third-order valence-electron chi connectivity index (χ3n) is 4.33. The van der Waals surface area contributed by atoms with E-state index < -0.39 is 11.9 Å². The molecule has 0 saturated carbocycles. The number of benzene rings is 2. The normalized spacial score (nSPS) is 16.8. The maximum atomic E-state index is 13.4. The van der Waals surface area contributed by atoms with Crippen LogP contribution in [0, 0.1) is 18.6 Å². The van der Waals surface area contributed by atoms with Gasteiger partial charge in [-0.25, -0.2) is 8.78 Å². The summed E-state index contributed by atoms with van der Waals surface area (Å²) in [5.41, 5.74) is 1.34. The minimum absolute atomic E-state index is 0.220. The average molecular weight is 344 g/mol. The van der Waals surface area contributed by atoms with Gasteiger partial charge in [-0.3, -0.25) is 9.59 Å². The monoisotopic (exact) mass is 344 g/mol. The van der Waals surface area contributed by atoms with E-state index in [-0.39, 0.29) is 23.2 Å². The number of nitrogens with zero attached hydrogens (tertiary/aromatic N) is 1. The number of carbonyl (C=O) groups is 2. The van der Waals surface area contributed by atoms with E-state index in [0.29, 0.717) is 30.6 Å². The van der Waals surface area contributed by atoms with Crippen molar-refractivity contribution in [1.82, 2.24) is 4.90 Å². The summed E-state index contributed by atoms with van der Waals surface area (Å²) in [5.74, 6) is -1.56. The fraction of sp³-hybridized carbons (Fsp3) is 0.263. The number of aryl methyl sites for hydroxylation is 1. The fourth-order valence-electron chi connectivity index (χ4n) is 3.05. The van der Waals surface area contributed by atoms with Crippen LogP contribution in [0.2, 0.25) is 0 Å². The SMILES string of the molecule is Cc1cc(F)ccc1NC(=O)C1CCCN1C(=O)c1cccc(F)c1. The average Bonchev–Trinajstić information content (AvgIpc) is 3.06. The number of carbonyl (C=O) groups excluding carboxylic acids is 2. The highest BCUT2D eigenvalue weighted by Crippen LogP contribution is 2.23. The second-order valence-electron chi connectivity index (χ2n) is 6.12. The van der Waals surface area contributed by atoms with Crippen LogP contribution >= 0.6 is 0 Å². The highest BCUT2D eigenvalue weighted by molar-refractivity contribution is 6.01. The molecule has 1 heterocycles. The molecular formula is C19H18F2N2O2. The number of amides is 2. The van der Waals surface area contributed by atoms with E-state index in [1.165, 1.54) is 47.4 Å². The summed E-state index contributed by atoms with van der Waals surface area (Å²) in [6.07, 6.45) is 1.23. The molecule has 25 heavy (non-hydrogen) atoms. The summed E-state index contributed by atoms with van der Waals surface area (Å²) >= 11 is 0. The Labute approximate surface area is 144 Å². The Balaban J connectivity index is 1.76. The Kier molecular flexibility index (Phi) is 4.79. The quantitative estimate of drug-likeness (QED) is 0.926. The second kappa shape index (κ2) is 7.01. The predicted molar refractivity (Wildman–Crippen MR) is 90.2 cm³/mol. The minimum atomic E-state index is -0.625. The van der Waals surface area contributed by atoms with Crippen molar-refractivity contribution in [3.05, 3.63) is 65.2 Å². The summed E-state index contributed by atoms with van der Waals surface area (Å²) in [6.45, 7) is 2.14. The summed E-state index contributed by atoms with van der Waals surface area (Å²) in [5, 5.41) is 2.75. The molecule has 130 valence electrons. The molecule has 0 aliphatic carbocycles. The van der Waals surface area contributed by atoms with E-state index >= 15 is 0 Å². The van der Waals surface area contributed by atoms with E-state index in [1.54, 1.807) is 6.92 Å². The molecule has 0 aromatic heterocycles. The van der Waals surface area contributed by atoms with E-state index in [0.717, 1.165) is 0 Å². The number of halogens is 2. The van der Waals surface area contributed by atoms with Crippen LogP contribution in [-0.2, 0) is 4.79 Å². The molecule has 3 rings (SSSR count). The summed E-state index contributed by atoms with van der Waals surface area (Å²) in [6, 6.07) is 8.91. The van der Waals surface area contributed by atoms with Crippen molar-refractivity contribution in [2.45, 2.75) is 25.8 Å². The van der Waals surface area contributed by atoms with Crippen LogP contribution in [0.5, 0.6) is 0 Å². The molecule has 1 saturated heterocycles. The van der Waals surface area contributed by atoms with Crippen molar-refractivity contribution < 1.29 is 18.4 Å². The van der Waals surface area contributed by atoms with Crippen molar-refractivity contribution in [3.63, 3.8) is 0 Å². The Morgan fingerprint density at radius 1 is 1.12 bits per heavy atom. The fourth-order valence-corrected chi connectivity index (χ4v) is 3.05. The highest BCUT2D eigenvalue weighted by atomic mass is 19.1. The molecule has 2 aromatic rings. The van der Waals surface area contributed by atoms with Crippen LogP contribution in [0.3, 0.4) is 0 Å². The lowest BCUT2D eigenvalue weighted by Crippen LogP contribution is -2.43. The van der Waals surface area contributed by atoms with Crippen LogP contribution in [0.1, 0.15) is 28.8 Å². The van der Waals surface area contributed by atoms with Crippen molar-refractivity contribution in [1.29, 1.82) is 0 Å². The number of nitrogens with one attached hydrogen (secondary N) is 1. The van der Waals surface area contributed by atoms with Crippen LogP contribution in [0.4, 0.5) is 14.5 Å². The lowest BCUT2D eigenvalue weighted by atomic mass is 10.1. The van der Waals surface area contributed by atoms with Gasteiger partial charge in [0, 0.05) is 17.8 Å². The molecule has 4 nitrogen and oxygen atoms in total. The third-order valence-corrected chi connectivity index (χ3v) is 4.33. The van der Waals surface area contributed by atoms with Gasteiger partial charge >= 0.3 is 0 Å². The maximum Gasteiger partial charge on any atom is 0.254 e. The molecule has 1 atom stereocenters. The Bertz CT molecular complexity index is 823. The Morgan fingerprint density at radius 2 is 1.88 bits per heavy atom. The number of hydrogen-bond donors (Lipinski definition) is 1. The van der Waals surface area contributed by atoms with Gasteiger partial charge in [-0.05, 0) is 61.7 Å². The van der Waals surface area contributed by atoms with Gasteiger partial charge in [0.05, 0.1) is 0 Å². The standard InChI is InChI=1S/C19H18F2N2O2/c1-12-10-15(21)7-8-16(12)22-18(24)17-6-3-9-23(17)19(25)13-4-2-5-14(20)11-13/h2,4-5,7-8,10-11,17H,3,6,9H2,1H3,(H,22,24). The summed E-state index contributed by atoms with van der Waals surface area (Å²) in [4.78, 5) is 26.7. The number of likely N-dealkylation sites (tertiary alicyclic amines) is 1. The molecule has 1 N–H and O–H groups in total. The number of rotatable bonds is 3. The van der Waals surface area contributed by atoms with Gasteiger partial charge in [0.25, 0.3) is 5.91 Å². The van der Waals surface area contributed by atoms with Crippen molar-refractivity contribution in [3.8, 4) is 0 Å². The molecule has 0 radical (unpaired) electrons. The first kappa shape index (κ1) is 17.1. The molecule has 6 heteroatoms. The molecule has 1 fully saturated rings. The van der Waals surface area contributed by atoms with Gasteiger partial charge in [-0.1, -0.05) is 6.07 Å². The van der Waals surface area contributed by atoms with Crippen molar-refractivity contribution >= 4 is 17.5 Å². The largest absolute Gasteiger partial charge is 0.327 e. The van der Waals surface area contributed by atoms with E-state index in [2.05, 4.69) is 5.32 Å². The topological polar surface area (TPSA) is 49.4 Å². The van der Waals surface area contributed by atoms with E-state index in [9.17, 15) is 18.4 Å². The molecule has 1 unspecified atom stereocenters. The zero-order valence-corrected chi connectivity index (χ0v) is 13.8. The minimum Gasteiger partial charge on any atom is -0.327 e. The summed E-state index contributed by atoms with van der Waals surface area (Å²) in [7, 11) is 0. The predicted octanol–water partition coefficient (Wildman–Crippen LogP) is 3.52. The van der Waals surface area contributed by atoms with Crippen molar-refractivity contribution in [2.24, 2.45) is 0 Å². The van der Waals surface area contributed by atoms with Crippen LogP contribution < -0.4 is 5.32 Å². The molecule has 0 spiro atoms. The molecule has 0 bridgehead atoms. The van der Waals surface area contributed by atoms with Crippen LogP contribution in [0.15, 0.2) is 42.5 Å². The highest BCUT2D eigenvalue weighted by Gasteiger charge is 2.34. The first-order valence-corrected chi connectivity index (χ1v) is 8.09. The van der Waals surface area contributed by atoms with Gasteiger partial charge in [-0.15, -0.1) is 0 Å². The molecule has 1 aliphatic rings. The van der Waals surface area contributed by atoms with Gasteiger partial charge in [0.1, 0.15) is 17.7 Å². The van der Waals surface area contributed by atoms with Gasteiger partial charge in [0.2, 0.25) is 5.91 Å². The Hall–Kier alpha value is -2.76. The van der Waals surface area contributed by atoms with Gasteiger partial charge in [-0.2, -0.15) is 0 Å². The lowest BCUT2D eigenvalue weighted by molar-refractivity contribution is -0.119. The molecule has 2 aromatic carbocycles. The maximum absolute atomic E-state index is 13.4. The van der Waals surface area contributed by atoms with E-state index in [1.807, 2.05) is 0 Å². The third kappa shape index (κ3) is 3.68. The smallest absolute Gasteiger partial charge is 0.254 e. The Morgan fingerprint density at radius 3 is 2.60 bits per heavy atom. The van der Waals surface area contributed by atoms with Crippen LogP contribution in [0.25, 0.3) is 0 Å². The van der Waals surface area contributed by atoms with Crippen LogP contribution in [-0.4, -0.2) is 29.3 Å². The molecule has 2 amide bonds. The number of anilines is 1. The lowest BCUT2D eigenvalue weighted by Gasteiger charge is -2.24. The zero-order valence-electron chi connectivity index (χ0n) is 13.8. The van der Waals surface area contributed by atoms with Gasteiger partial charge in [0.15, 0.2) is 0 Å². The van der Waals surface area contributed by atoms with Gasteiger partial charge < -0.3 is 10.2 Å². The van der Waals surface area contributed by atoms with Crippen molar-refractivity contribution in [2.75, 3.05) is 11.9 Å². The summed E-state index contributed by atoms with van der Waals surface area (Å²) < 4.78 is 26.5. The first-order valence-electron chi connectivity index (χ1n) is 8.09. The molecular weight excluding hydrogens is 326 g/mol. The zero-order chi connectivity index (χ0) is 18.0. The van der Waals surface area contributed by atoms with E-state index in [4.69, 9.17) is 0 Å².